The largest absolute Gasteiger partial charge is 0.368 e. The second-order valence-corrected chi connectivity index (χ2v) is 4.43. The van der Waals surface area contributed by atoms with E-state index >= 15 is 0 Å². The van der Waals surface area contributed by atoms with Crippen molar-refractivity contribution in [3.05, 3.63) is 35.9 Å². The maximum atomic E-state index is 11.9. The number of amides is 2. The molecule has 0 aliphatic carbocycles. The van der Waals surface area contributed by atoms with Gasteiger partial charge in [-0.15, -0.1) is 0 Å². The number of nitrogens with two attached hydrogens (primary N) is 2. The lowest BCUT2D eigenvalue weighted by molar-refractivity contribution is -0.135. The van der Waals surface area contributed by atoms with Crippen molar-refractivity contribution >= 4 is 11.8 Å². The molecule has 0 aliphatic rings. The van der Waals surface area contributed by atoms with Gasteiger partial charge in [-0.25, -0.2) is 0 Å². The highest BCUT2D eigenvalue weighted by atomic mass is 16.2. The van der Waals surface area contributed by atoms with Gasteiger partial charge < -0.3 is 16.4 Å². The average Bonchev–Trinajstić information content (AvgIpc) is 2.42. The van der Waals surface area contributed by atoms with Crippen molar-refractivity contribution in [3.63, 3.8) is 0 Å². The van der Waals surface area contributed by atoms with Gasteiger partial charge in [-0.1, -0.05) is 30.3 Å². The highest BCUT2D eigenvalue weighted by molar-refractivity contribution is 5.83. The van der Waals surface area contributed by atoms with Gasteiger partial charge in [-0.05, 0) is 18.9 Å². The first kappa shape index (κ1) is 15.2. The summed E-state index contributed by atoms with van der Waals surface area (Å²) in [4.78, 5) is 24.2. The molecule has 1 atom stereocenters. The van der Waals surface area contributed by atoms with Crippen molar-refractivity contribution in [2.24, 2.45) is 11.5 Å². The van der Waals surface area contributed by atoms with E-state index in [9.17, 15) is 9.59 Å². The van der Waals surface area contributed by atoms with E-state index in [2.05, 4.69) is 0 Å². The Bertz CT molecular complexity index is 420. The fourth-order valence-electron chi connectivity index (χ4n) is 1.87. The molecule has 5 heteroatoms. The highest BCUT2D eigenvalue weighted by Crippen LogP contribution is 2.15. The van der Waals surface area contributed by atoms with Crippen molar-refractivity contribution in [1.82, 2.24) is 4.90 Å². The first-order chi connectivity index (χ1) is 9.04. The van der Waals surface area contributed by atoms with Crippen LogP contribution in [0.25, 0.3) is 0 Å². The van der Waals surface area contributed by atoms with Gasteiger partial charge in [0.25, 0.3) is 0 Å². The monoisotopic (exact) mass is 263 g/mol. The molecule has 2 amide bonds. The van der Waals surface area contributed by atoms with E-state index < -0.39 is 5.91 Å². The van der Waals surface area contributed by atoms with E-state index in [1.807, 2.05) is 37.3 Å². The van der Waals surface area contributed by atoms with E-state index in [1.165, 1.54) is 4.90 Å². The molecule has 0 radical (unpaired) electrons. The summed E-state index contributed by atoms with van der Waals surface area (Å²) >= 11 is 0. The Kier molecular flexibility index (Phi) is 6.02. The van der Waals surface area contributed by atoms with Crippen LogP contribution in [0.2, 0.25) is 0 Å². The molecule has 0 saturated heterocycles. The van der Waals surface area contributed by atoms with E-state index in [0.29, 0.717) is 19.4 Å². The van der Waals surface area contributed by atoms with E-state index in [4.69, 9.17) is 11.5 Å². The van der Waals surface area contributed by atoms with Crippen LogP contribution < -0.4 is 11.5 Å². The van der Waals surface area contributed by atoms with Crippen LogP contribution >= 0.6 is 0 Å². The van der Waals surface area contributed by atoms with Crippen molar-refractivity contribution in [2.45, 2.75) is 25.8 Å². The summed E-state index contributed by atoms with van der Waals surface area (Å²) in [5, 5.41) is 0. The Morgan fingerprint density at radius 1 is 1.26 bits per heavy atom. The summed E-state index contributed by atoms with van der Waals surface area (Å²) in [5.41, 5.74) is 12.1. The first-order valence-electron chi connectivity index (χ1n) is 6.41. The molecule has 0 saturated carbocycles. The molecule has 104 valence electrons. The number of benzene rings is 1. The molecule has 1 aromatic carbocycles. The maximum Gasteiger partial charge on any atom is 0.237 e. The van der Waals surface area contributed by atoms with Crippen molar-refractivity contribution in [2.75, 3.05) is 13.1 Å². The maximum absolute atomic E-state index is 11.9. The van der Waals surface area contributed by atoms with Gasteiger partial charge >= 0.3 is 0 Å². The molecule has 1 rings (SSSR count). The lowest BCUT2D eigenvalue weighted by atomic mass is 10.0. The third-order valence-electron chi connectivity index (χ3n) is 2.98. The molecule has 0 fully saturated rings. The van der Waals surface area contributed by atoms with E-state index in [0.717, 1.165) is 5.56 Å². The lowest BCUT2D eigenvalue weighted by Crippen LogP contribution is -2.38. The summed E-state index contributed by atoms with van der Waals surface area (Å²) in [5.74, 6) is -0.588. The predicted molar refractivity (Wildman–Crippen MR) is 74.1 cm³/mol. The van der Waals surface area contributed by atoms with Crippen LogP contribution in [-0.2, 0) is 9.59 Å². The van der Waals surface area contributed by atoms with Crippen molar-refractivity contribution in [3.8, 4) is 0 Å². The van der Waals surface area contributed by atoms with Gasteiger partial charge in [0.05, 0.1) is 6.54 Å². The van der Waals surface area contributed by atoms with Gasteiger partial charge in [0, 0.05) is 19.0 Å². The summed E-state index contributed by atoms with van der Waals surface area (Å²) in [6.07, 6.45) is 0.870. The molecule has 0 aromatic heterocycles. The summed E-state index contributed by atoms with van der Waals surface area (Å²) in [6, 6.07) is 9.47. The minimum absolute atomic E-state index is 0.0318. The topological polar surface area (TPSA) is 89.4 Å². The fourth-order valence-corrected chi connectivity index (χ4v) is 1.87. The SMILES string of the molecule is CCN(CC(N)=O)C(=O)CCC(N)c1ccccc1. The molecule has 0 bridgehead atoms. The Balaban J connectivity index is 2.47. The van der Waals surface area contributed by atoms with E-state index in [-0.39, 0.29) is 18.5 Å². The van der Waals surface area contributed by atoms with E-state index in [1.54, 1.807) is 0 Å². The zero-order chi connectivity index (χ0) is 14.3. The molecular formula is C14H21N3O2. The summed E-state index contributed by atoms with van der Waals surface area (Å²) < 4.78 is 0. The standard InChI is InChI=1S/C14H21N3O2/c1-2-17(10-13(16)18)14(19)9-8-12(15)11-6-4-3-5-7-11/h3-7,12H,2,8-10,15H2,1H3,(H2,16,18). The molecule has 0 aliphatic heterocycles. The number of likely N-dealkylation sites (N-methyl/N-ethyl adjacent to an activating group) is 1. The first-order valence-corrected chi connectivity index (χ1v) is 6.41. The molecule has 0 spiro atoms. The number of primary amides is 1. The molecule has 0 heterocycles. The van der Waals surface area contributed by atoms with Crippen LogP contribution in [0, 0.1) is 0 Å². The molecule has 1 unspecified atom stereocenters. The fraction of sp³-hybridized carbons (Fsp3) is 0.429. The number of hydrogen-bond acceptors (Lipinski definition) is 3. The third-order valence-corrected chi connectivity index (χ3v) is 2.98. The number of nitrogens with zero attached hydrogens (tertiary/aromatic N) is 1. The van der Waals surface area contributed by atoms with Crippen LogP contribution in [0.4, 0.5) is 0 Å². The number of rotatable bonds is 7. The zero-order valence-corrected chi connectivity index (χ0v) is 11.2. The zero-order valence-electron chi connectivity index (χ0n) is 11.2. The normalized spacial score (nSPS) is 11.9. The Labute approximate surface area is 113 Å². The smallest absolute Gasteiger partial charge is 0.237 e. The van der Waals surface area contributed by atoms with Gasteiger partial charge in [0.1, 0.15) is 0 Å². The molecule has 4 N–H and O–H groups in total. The number of carbonyl (C=O) groups excluding carboxylic acids is 2. The minimum atomic E-state index is -0.498. The molecule has 1 aromatic rings. The Morgan fingerprint density at radius 2 is 1.89 bits per heavy atom. The quantitative estimate of drug-likeness (QED) is 0.762. The van der Waals surface area contributed by atoms with Crippen molar-refractivity contribution in [1.29, 1.82) is 0 Å². The number of carbonyl (C=O) groups is 2. The second-order valence-electron chi connectivity index (χ2n) is 4.43. The lowest BCUT2D eigenvalue weighted by Gasteiger charge is -2.20. The molecular weight excluding hydrogens is 242 g/mol. The van der Waals surface area contributed by atoms with Gasteiger partial charge in [-0.2, -0.15) is 0 Å². The Morgan fingerprint density at radius 3 is 2.42 bits per heavy atom. The van der Waals surface area contributed by atoms with Crippen LogP contribution in [0.5, 0.6) is 0 Å². The van der Waals surface area contributed by atoms with Crippen LogP contribution in [0.15, 0.2) is 30.3 Å². The minimum Gasteiger partial charge on any atom is -0.368 e. The van der Waals surface area contributed by atoms with Crippen LogP contribution in [0.1, 0.15) is 31.4 Å². The van der Waals surface area contributed by atoms with Crippen LogP contribution in [-0.4, -0.2) is 29.8 Å². The van der Waals surface area contributed by atoms with Crippen molar-refractivity contribution < 1.29 is 9.59 Å². The summed E-state index contributed by atoms with van der Waals surface area (Å²) in [7, 11) is 0. The molecule has 5 nitrogen and oxygen atoms in total. The Hall–Kier alpha value is -1.88. The van der Waals surface area contributed by atoms with Gasteiger partial charge in [0.15, 0.2) is 0 Å². The number of hydrogen-bond donors (Lipinski definition) is 2. The average molecular weight is 263 g/mol. The van der Waals surface area contributed by atoms with Gasteiger partial charge in [0.2, 0.25) is 11.8 Å². The second kappa shape index (κ2) is 7.53. The van der Waals surface area contributed by atoms with Crippen LogP contribution in [0.3, 0.4) is 0 Å². The van der Waals surface area contributed by atoms with Gasteiger partial charge in [-0.3, -0.25) is 9.59 Å². The highest BCUT2D eigenvalue weighted by Gasteiger charge is 2.15. The predicted octanol–water partition coefficient (Wildman–Crippen LogP) is 0.800. The third kappa shape index (κ3) is 5.09. The molecule has 19 heavy (non-hydrogen) atoms. The summed E-state index contributed by atoms with van der Waals surface area (Å²) in [6.45, 7) is 2.26.